The zero-order valence-corrected chi connectivity index (χ0v) is 16.6. The van der Waals surface area contributed by atoms with E-state index in [1.54, 1.807) is 6.08 Å². The smallest absolute Gasteiger partial charge is 0.407 e. The van der Waals surface area contributed by atoms with Crippen LogP contribution in [0.4, 0.5) is 4.79 Å². The predicted octanol–water partition coefficient (Wildman–Crippen LogP) is 5.15. The van der Waals surface area contributed by atoms with E-state index in [-0.39, 0.29) is 5.41 Å². The van der Waals surface area contributed by atoms with Crippen LogP contribution >= 0.6 is 0 Å². The van der Waals surface area contributed by atoms with Crippen LogP contribution in [-0.2, 0) is 21.5 Å². The molecule has 0 fully saturated rings. The highest BCUT2D eigenvalue weighted by atomic mass is 16.5. The van der Waals surface area contributed by atoms with Crippen molar-refractivity contribution in [1.82, 2.24) is 5.32 Å². The van der Waals surface area contributed by atoms with E-state index in [2.05, 4.69) is 44.8 Å². The van der Waals surface area contributed by atoms with Crippen molar-refractivity contribution in [3.05, 3.63) is 83.9 Å². The minimum absolute atomic E-state index is 0.0610. The minimum Gasteiger partial charge on any atom is -0.453 e. The third-order valence-electron chi connectivity index (χ3n) is 4.44. The molecule has 0 saturated carbocycles. The van der Waals surface area contributed by atoms with Crippen molar-refractivity contribution in [2.75, 3.05) is 7.11 Å². The molecule has 0 unspecified atom stereocenters. The van der Waals surface area contributed by atoms with Crippen LogP contribution in [0, 0.1) is 0 Å². The number of methoxy groups -OCH3 is 1. The number of amides is 1. The Morgan fingerprint density at radius 3 is 2.26 bits per heavy atom. The summed E-state index contributed by atoms with van der Waals surface area (Å²) in [5.74, 6) is 0. The molecule has 0 aromatic heterocycles. The summed E-state index contributed by atoms with van der Waals surface area (Å²) < 4.78 is 10.8. The normalized spacial score (nSPS) is 13.5. The van der Waals surface area contributed by atoms with E-state index in [9.17, 15) is 4.79 Å². The topological polar surface area (TPSA) is 47.6 Å². The van der Waals surface area contributed by atoms with Crippen LogP contribution in [0.1, 0.15) is 43.5 Å². The third kappa shape index (κ3) is 5.97. The van der Waals surface area contributed by atoms with Gasteiger partial charge in [-0.2, -0.15) is 0 Å². The molecule has 1 amide bonds. The quantitative estimate of drug-likeness (QED) is 0.688. The van der Waals surface area contributed by atoms with Gasteiger partial charge in [0.1, 0.15) is 6.10 Å². The van der Waals surface area contributed by atoms with Gasteiger partial charge in [-0.3, -0.25) is 0 Å². The van der Waals surface area contributed by atoms with Gasteiger partial charge in [0.05, 0.1) is 19.8 Å². The third-order valence-corrected chi connectivity index (χ3v) is 4.44. The molecule has 2 atom stereocenters. The second kappa shape index (κ2) is 9.38. The average molecular weight is 367 g/mol. The van der Waals surface area contributed by atoms with Gasteiger partial charge in [0.25, 0.3) is 0 Å². The maximum absolute atomic E-state index is 11.9. The molecular weight excluding hydrogens is 338 g/mol. The van der Waals surface area contributed by atoms with Gasteiger partial charge in [0.2, 0.25) is 0 Å². The van der Waals surface area contributed by atoms with E-state index in [1.807, 2.05) is 42.5 Å². The molecule has 0 aliphatic heterocycles. The van der Waals surface area contributed by atoms with Gasteiger partial charge < -0.3 is 14.8 Å². The number of nitrogens with one attached hydrogen (secondary N) is 1. The lowest BCUT2D eigenvalue weighted by Crippen LogP contribution is -2.36. The largest absolute Gasteiger partial charge is 0.453 e. The molecule has 0 heterocycles. The fraction of sp³-hybridized carbons (Fsp3) is 0.348. The first-order chi connectivity index (χ1) is 12.8. The summed E-state index contributed by atoms with van der Waals surface area (Å²) in [6.45, 7) is 10.8. The number of carbonyl (C=O) groups is 1. The van der Waals surface area contributed by atoms with Gasteiger partial charge in [-0.1, -0.05) is 81.4 Å². The maximum Gasteiger partial charge on any atom is 0.407 e. The monoisotopic (exact) mass is 367 g/mol. The lowest BCUT2D eigenvalue weighted by molar-refractivity contribution is 0.0446. The molecule has 0 radical (unpaired) electrons. The van der Waals surface area contributed by atoms with Crippen LogP contribution in [0.3, 0.4) is 0 Å². The van der Waals surface area contributed by atoms with Crippen LogP contribution in [0.5, 0.6) is 0 Å². The van der Waals surface area contributed by atoms with Crippen molar-refractivity contribution in [2.24, 2.45) is 0 Å². The number of rotatable bonds is 7. The van der Waals surface area contributed by atoms with Crippen LogP contribution in [-0.4, -0.2) is 19.3 Å². The van der Waals surface area contributed by atoms with E-state index in [1.165, 1.54) is 12.7 Å². The molecule has 144 valence electrons. The van der Waals surface area contributed by atoms with E-state index in [0.717, 1.165) is 11.1 Å². The Balaban J connectivity index is 2.23. The van der Waals surface area contributed by atoms with Crippen molar-refractivity contribution in [1.29, 1.82) is 0 Å². The predicted molar refractivity (Wildman–Crippen MR) is 109 cm³/mol. The van der Waals surface area contributed by atoms with Crippen LogP contribution in [0.25, 0.3) is 0 Å². The highest BCUT2D eigenvalue weighted by Gasteiger charge is 2.25. The van der Waals surface area contributed by atoms with Gasteiger partial charge in [-0.05, 0) is 22.1 Å². The fourth-order valence-corrected chi connectivity index (χ4v) is 2.80. The Kier molecular flexibility index (Phi) is 7.19. The Hall–Kier alpha value is -2.59. The zero-order valence-electron chi connectivity index (χ0n) is 16.6. The molecule has 4 nitrogen and oxygen atoms in total. The number of benzene rings is 2. The van der Waals surface area contributed by atoms with Gasteiger partial charge >= 0.3 is 6.09 Å². The lowest BCUT2D eigenvalue weighted by Gasteiger charge is -2.27. The molecule has 0 saturated heterocycles. The number of hydrogen-bond donors (Lipinski definition) is 1. The second-order valence-electron chi connectivity index (χ2n) is 7.48. The number of hydrogen-bond acceptors (Lipinski definition) is 3. The number of ether oxygens (including phenoxy) is 2. The van der Waals surface area contributed by atoms with Gasteiger partial charge in [0.15, 0.2) is 0 Å². The summed E-state index contributed by atoms with van der Waals surface area (Å²) in [7, 11) is 1.35. The summed E-state index contributed by atoms with van der Waals surface area (Å²) in [4.78, 5) is 11.9. The molecule has 27 heavy (non-hydrogen) atoms. The number of alkyl carbamates (subject to hydrolysis) is 1. The summed E-state index contributed by atoms with van der Waals surface area (Å²) in [5, 5.41) is 2.87. The lowest BCUT2D eigenvalue weighted by atomic mass is 9.86. The molecule has 2 rings (SSSR count). The molecular formula is C23H29NO3. The molecule has 1 N–H and O–H groups in total. The molecule has 2 aromatic rings. The molecule has 4 heteroatoms. The first-order valence-corrected chi connectivity index (χ1v) is 9.08. The maximum atomic E-state index is 11.9. The van der Waals surface area contributed by atoms with Crippen LogP contribution in [0.2, 0.25) is 0 Å². The van der Waals surface area contributed by atoms with Crippen molar-refractivity contribution in [2.45, 2.75) is 44.9 Å². The zero-order chi connectivity index (χ0) is 19.9. The second-order valence-corrected chi connectivity index (χ2v) is 7.48. The van der Waals surface area contributed by atoms with Gasteiger partial charge in [0, 0.05) is 0 Å². The molecule has 2 aromatic carbocycles. The van der Waals surface area contributed by atoms with Crippen molar-refractivity contribution < 1.29 is 14.3 Å². The number of carbonyl (C=O) groups excluding carboxylic acids is 1. The minimum atomic E-state index is -0.505. The summed E-state index contributed by atoms with van der Waals surface area (Å²) in [5.41, 5.74) is 3.28. The van der Waals surface area contributed by atoms with E-state index >= 15 is 0 Å². The molecule has 0 aliphatic carbocycles. The fourth-order valence-electron chi connectivity index (χ4n) is 2.80. The highest BCUT2D eigenvalue weighted by molar-refractivity contribution is 5.67. The van der Waals surface area contributed by atoms with Gasteiger partial charge in [-0.25, -0.2) is 4.79 Å². The Morgan fingerprint density at radius 2 is 1.74 bits per heavy atom. The van der Waals surface area contributed by atoms with Gasteiger partial charge in [-0.15, -0.1) is 6.58 Å². The van der Waals surface area contributed by atoms with Crippen molar-refractivity contribution >= 4 is 6.09 Å². The highest BCUT2D eigenvalue weighted by Crippen LogP contribution is 2.26. The van der Waals surface area contributed by atoms with E-state index < -0.39 is 18.2 Å². The summed E-state index contributed by atoms with van der Waals surface area (Å²) in [6.07, 6.45) is 0.807. The molecule has 0 aliphatic rings. The SMILES string of the molecule is C=C[C@@H](OCc1ccccc1)[C@@H](NC(=O)OC)c1ccc(C(C)(C)C)cc1. The Bertz CT molecular complexity index is 732. The Morgan fingerprint density at radius 1 is 1.11 bits per heavy atom. The molecule has 0 spiro atoms. The molecule has 0 bridgehead atoms. The van der Waals surface area contributed by atoms with E-state index in [0.29, 0.717) is 6.61 Å². The first kappa shape index (κ1) is 20.7. The summed E-state index contributed by atoms with van der Waals surface area (Å²) in [6, 6.07) is 17.7. The van der Waals surface area contributed by atoms with Crippen LogP contribution < -0.4 is 5.32 Å². The van der Waals surface area contributed by atoms with Crippen molar-refractivity contribution in [3.63, 3.8) is 0 Å². The van der Waals surface area contributed by atoms with Crippen molar-refractivity contribution in [3.8, 4) is 0 Å². The van der Waals surface area contributed by atoms with E-state index in [4.69, 9.17) is 9.47 Å². The standard InChI is InChI=1S/C23H29NO3/c1-6-20(27-16-17-10-8-7-9-11-17)21(24-22(25)26-5)18-12-14-19(15-13-18)23(2,3)4/h6-15,20-21H,1,16H2,2-5H3,(H,24,25)/t20-,21+/m1/s1. The Labute approximate surface area is 162 Å². The average Bonchev–Trinajstić information content (AvgIpc) is 2.67. The van der Waals surface area contributed by atoms with Crippen LogP contribution in [0.15, 0.2) is 67.3 Å². The summed E-state index contributed by atoms with van der Waals surface area (Å²) >= 11 is 0. The first-order valence-electron chi connectivity index (χ1n) is 9.08.